The zero-order chi connectivity index (χ0) is 21.6. The van der Waals surface area contributed by atoms with Crippen molar-refractivity contribution in [2.75, 3.05) is 19.7 Å². The molecule has 4 rings (SSSR count). The number of rotatable bonds is 4. The van der Waals surface area contributed by atoms with Crippen molar-refractivity contribution in [2.45, 2.75) is 32.4 Å². The molecule has 2 aromatic rings. The first-order valence-corrected chi connectivity index (χ1v) is 9.82. The number of carbonyl (C=O) groups is 2. The number of benzene rings is 1. The molecule has 0 aliphatic carbocycles. The van der Waals surface area contributed by atoms with Gasteiger partial charge in [0.2, 0.25) is 0 Å². The molecule has 1 unspecified atom stereocenters. The van der Waals surface area contributed by atoms with E-state index in [1.165, 1.54) is 5.56 Å². The van der Waals surface area contributed by atoms with Crippen LogP contribution in [-0.2, 0) is 16.1 Å². The van der Waals surface area contributed by atoms with Crippen LogP contribution >= 0.6 is 0 Å². The standard InChI is InChI=1S/C21H24N2O4.CH2O2/c1-21(20(24)25)8-11-23(12-9-21)13-15-4-6-16(7-5-15)18-14-26-17-3-2-10-22-19(17)27-18;2-1-3/h2-7,10,18H,8-9,11-14H2,1H3,(H,24,25);1H,(H,2,3). The maximum Gasteiger partial charge on any atom is 0.309 e. The lowest BCUT2D eigenvalue weighted by atomic mass is 9.80. The number of hydrogen-bond acceptors (Lipinski definition) is 6. The molecule has 2 aliphatic heterocycles. The van der Waals surface area contributed by atoms with Crippen LogP contribution in [0.25, 0.3) is 0 Å². The van der Waals surface area contributed by atoms with Gasteiger partial charge in [0.05, 0.1) is 5.41 Å². The van der Waals surface area contributed by atoms with E-state index in [2.05, 4.69) is 34.1 Å². The molecule has 8 nitrogen and oxygen atoms in total. The summed E-state index contributed by atoms with van der Waals surface area (Å²) in [6.07, 6.45) is 2.93. The van der Waals surface area contributed by atoms with Crippen molar-refractivity contribution in [1.82, 2.24) is 9.88 Å². The number of hydrogen-bond donors (Lipinski definition) is 2. The molecule has 0 amide bonds. The van der Waals surface area contributed by atoms with Crippen LogP contribution in [0.5, 0.6) is 11.6 Å². The summed E-state index contributed by atoms with van der Waals surface area (Å²) in [4.78, 5) is 26.3. The molecule has 0 spiro atoms. The molecule has 2 aliphatic rings. The molecule has 0 radical (unpaired) electrons. The van der Waals surface area contributed by atoms with Crippen molar-refractivity contribution in [2.24, 2.45) is 5.41 Å². The molecule has 0 saturated carbocycles. The van der Waals surface area contributed by atoms with Crippen molar-refractivity contribution >= 4 is 12.4 Å². The van der Waals surface area contributed by atoms with E-state index in [1.807, 2.05) is 19.1 Å². The van der Waals surface area contributed by atoms with Crippen LogP contribution < -0.4 is 9.47 Å². The zero-order valence-corrected chi connectivity index (χ0v) is 16.9. The molecule has 8 heteroatoms. The Labute approximate surface area is 175 Å². The summed E-state index contributed by atoms with van der Waals surface area (Å²) < 4.78 is 11.7. The monoisotopic (exact) mass is 414 g/mol. The quantitative estimate of drug-likeness (QED) is 0.735. The zero-order valence-electron chi connectivity index (χ0n) is 16.9. The van der Waals surface area contributed by atoms with Crippen LogP contribution in [0.2, 0.25) is 0 Å². The summed E-state index contributed by atoms with van der Waals surface area (Å²) in [5, 5.41) is 16.2. The van der Waals surface area contributed by atoms with Crippen molar-refractivity contribution < 1.29 is 29.3 Å². The Balaban J connectivity index is 0.000000806. The van der Waals surface area contributed by atoms with Gasteiger partial charge in [-0.15, -0.1) is 0 Å². The highest BCUT2D eigenvalue weighted by atomic mass is 16.6. The van der Waals surface area contributed by atoms with Crippen molar-refractivity contribution in [3.63, 3.8) is 0 Å². The second kappa shape index (κ2) is 9.58. The largest absolute Gasteiger partial charge is 0.484 e. The van der Waals surface area contributed by atoms with Gasteiger partial charge >= 0.3 is 5.97 Å². The van der Waals surface area contributed by atoms with Crippen LogP contribution in [0.3, 0.4) is 0 Å². The Kier molecular flexibility index (Phi) is 6.89. The first kappa shape index (κ1) is 21.6. The predicted molar refractivity (Wildman–Crippen MR) is 108 cm³/mol. The molecule has 160 valence electrons. The maximum absolute atomic E-state index is 11.4. The van der Waals surface area contributed by atoms with E-state index in [1.54, 1.807) is 6.20 Å². The van der Waals surface area contributed by atoms with E-state index in [0.29, 0.717) is 31.1 Å². The minimum Gasteiger partial charge on any atom is -0.484 e. The molecule has 3 heterocycles. The van der Waals surface area contributed by atoms with Crippen LogP contribution in [0.4, 0.5) is 0 Å². The van der Waals surface area contributed by atoms with Gasteiger partial charge in [-0.3, -0.25) is 14.5 Å². The molecular formula is C22H26N2O6. The van der Waals surface area contributed by atoms with E-state index >= 15 is 0 Å². The SMILES string of the molecule is CC1(C(=O)O)CCN(Cc2ccc(C3COc4cccnc4O3)cc2)CC1.O=CO. The molecular weight excluding hydrogens is 388 g/mol. The number of aliphatic carboxylic acids is 1. The Hall–Kier alpha value is -3.13. The number of fused-ring (bicyclic) bond motifs is 1. The van der Waals surface area contributed by atoms with Gasteiger partial charge < -0.3 is 19.7 Å². The van der Waals surface area contributed by atoms with Crippen LogP contribution in [0.15, 0.2) is 42.6 Å². The second-order valence-corrected chi connectivity index (χ2v) is 7.71. The van der Waals surface area contributed by atoms with Crippen molar-refractivity contribution in [3.05, 3.63) is 53.7 Å². The van der Waals surface area contributed by atoms with E-state index in [9.17, 15) is 9.90 Å². The fourth-order valence-corrected chi connectivity index (χ4v) is 3.59. The third kappa shape index (κ3) is 5.07. The van der Waals surface area contributed by atoms with Crippen LogP contribution in [-0.4, -0.2) is 52.2 Å². The molecule has 30 heavy (non-hydrogen) atoms. The highest BCUT2D eigenvalue weighted by Crippen LogP contribution is 2.34. The third-order valence-corrected chi connectivity index (χ3v) is 5.61. The van der Waals surface area contributed by atoms with E-state index in [0.717, 1.165) is 25.2 Å². The molecule has 0 bridgehead atoms. The van der Waals surface area contributed by atoms with E-state index < -0.39 is 11.4 Å². The normalized spacial score (nSPS) is 19.8. The number of likely N-dealkylation sites (tertiary alicyclic amines) is 1. The highest BCUT2D eigenvalue weighted by molar-refractivity contribution is 5.74. The Morgan fingerprint density at radius 1 is 1.27 bits per heavy atom. The van der Waals surface area contributed by atoms with E-state index in [4.69, 9.17) is 19.4 Å². The first-order chi connectivity index (χ1) is 14.4. The Morgan fingerprint density at radius 2 is 1.93 bits per heavy atom. The highest BCUT2D eigenvalue weighted by Gasteiger charge is 2.36. The minimum atomic E-state index is -0.683. The number of nitrogens with zero attached hydrogens (tertiary/aromatic N) is 2. The third-order valence-electron chi connectivity index (χ3n) is 5.61. The summed E-state index contributed by atoms with van der Waals surface area (Å²) in [6.45, 7) is 4.53. The number of pyridine rings is 1. The Bertz CT molecular complexity index is 862. The number of carboxylic acid groups (broad SMARTS) is 2. The van der Waals surface area contributed by atoms with Gasteiger partial charge in [-0.05, 0) is 56.1 Å². The van der Waals surface area contributed by atoms with Gasteiger partial charge in [0, 0.05) is 12.7 Å². The smallest absolute Gasteiger partial charge is 0.309 e. The van der Waals surface area contributed by atoms with Gasteiger partial charge in [-0.2, -0.15) is 0 Å². The minimum absolute atomic E-state index is 0.160. The summed E-state index contributed by atoms with van der Waals surface area (Å²) in [7, 11) is 0. The van der Waals surface area contributed by atoms with Crippen LogP contribution in [0, 0.1) is 5.41 Å². The van der Waals surface area contributed by atoms with Gasteiger partial charge in [-0.1, -0.05) is 24.3 Å². The summed E-state index contributed by atoms with van der Waals surface area (Å²) in [6, 6.07) is 12.0. The molecule has 1 atom stereocenters. The lowest BCUT2D eigenvalue weighted by Gasteiger charge is -2.36. The average Bonchev–Trinajstić information content (AvgIpc) is 2.76. The molecule has 1 aromatic carbocycles. The van der Waals surface area contributed by atoms with Gasteiger partial charge in [0.15, 0.2) is 11.9 Å². The number of ether oxygens (including phenoxy) is 2. The molecule has 1 saturated heterocycles. The van der Waals surface area contributed by atoms with Crippen molar-refractivity contribution in [1.29, 1.82) is 0 Å². The second-order valence-electron chi connectivity index (χ2n) is 7.71. The lowest BCUT2D eigenvalue weighted by Crippen LogP contribution is -2.42. The lowest BCUT2D eigenvalue weighted by molar-refractivity contribution is -0.150. The van der Waals surface area contributed by atoms with Gasteiger partial charge in [0.1, 0.15) is 6.61 Å². The average molecular weight is 414 g/mol. The summed E-state index contributed by atoms with van der Waals surface area (Å²) in [5.41, 5.74) is 1.70. The molecule has 1 fully saturated rings. The number of piperidine rings is 1. The fraction of sp³-hybridized carbons (Fsp3) is 0.409. The predicted octanol–water partition coefficient (Wildman–Crippen LogP) is 2.98. The van der Waals surface area contributed by atoms with Gasteiger partial charge in [0.25, 0.3) is 12.4 Å². The topological polar surface area (TPSA) is 109 Å². The summed E-state index contributed by atoms with van der Waals surface area (Å²) >= 11 is 0. The Morgan fingerprint density at radius 3 is 2.57 bits per heavy atom. The van der Waals surface area contributed by atoms with Crippen molar-refractivity contribution in [3.8, 4) is 11.6 Å². The van der Waals surface area contributed by atoms with Crippen LogP contribution in [0.1, 0.15) is 37.0 Å². The van der Waals surface area contributed by atoms with E-state index in [-0.39, 0.29) is 12.6 Å². The molecule has 2 N–H and O–H groups in total. The fourth-order valence-electron chi connectivity index (χ4n) is 3.59. The maximum atomic E-state index is 11.4. The number of carboxylic acids is 1. The summed E-state index contributed by atoms with van der Waals surface area (Å²) in [5.74, 6) is 0.536. The van der Waals surface area contributed by atoms with Gasteiger partial charge in [-0.25, -0.2) is 4.98 Å². The molecule has 1 aromatic heterocycles. The first-order valence-electron chi connectivity index (χ1n) is 9.82. The number of aromatic nitrogens is 1.